The Labute approximate surface area is 152 Å². The van der Waals surface area contributed by atoms with Crippen molar-refractivity contribution < 1.29 is 18.7 Å². The number of piperidine rings is 1. The number of hydrogen-bond donors (Lipinski definition) is 1. The van der Waals surface area contributed by atoms with Gasteiger partial charge in [-0.05, 0) is 55.3 Å². The van der Waals surface area contributed by atoms with Crippen LogP contribution in [0.15, 0.2) is 42.5 Å². The molecule has 138 valence electrons. The number of nitrogens with zero attached hydrogens (tertiary/aromatic N) is 1. The van der Waals surface area contributed by atoms with Crippen molar-refractivity contribution in [1.29, 1.82) is 0 Å². The quantitative estimate of drug-likeness (QED) is 0.888. The van der Waals surface area contributed by atoms with Crippen LogP contribution in [0.25, 0.3) is 0 Å². The molecule has 1 aliphatic rings. The lowest BCUT2D eigenvalue weighted by molar-refractivity contribution is 0.0711. The number of amides is 1. The van der Waals surface area contributed by atoms with Gasteiger partial charge >= 0.3 is 0 Å². The van der Waals surface area contributed by atoms with Gasteiger partial charge in [0.05, 0.1) is 19.8 Å². The van der Waals surface area contributed by atoms with Crippen LogP contribution in [0.3, 0.4) is 0 Å². The minimum atomic E-state index is -0.263. The Kier molecular flexibility index (Phi) is 5.61. The molecule has 0 radical (unpaired) electrons. The van der Waals surface area contributed by atoms with Crippen LogP contribution in [-0.4, -0.2) is 44.2 Å². The van der Waals surface area contributed by atoms with Crippen molar-refractivity contribution in [2.45, 2.75) is 18.9 Å². The van der Waals surface area contributed by atoms with Crippen molar-refractivity contribution in [3.05, 3.63) is 53.8 Å². The second-order valence-corrected chi connectivity index (χ2v) is 6.31. The highest BCUT2D eigenvalue weighted by molar-refractivity contribution is 5.97. The minimum Gasteiger partial charge on any atom is -0.497 e. The van der Waals surface area contributed by atoms with Gasteiger partial charge in [-0.15, -0.1) is 0 Å². The summed E-state index contributed by atoms with van der Waals surface area (Å²) in [5, 5.41) is 3.38. The zero-order valence-corrected chi connectivity index (χ0v) is 15.0. The predicted octanol–water partition coefficient (Wildman–Crippen LogP) is 3.56. The van der Waals surface area contributed by atoms with Crippen molar-refractivity contribution >= 4 is 11.6 Å². The molecule has 0 saturated carbocycles. The van der Waals surface area contributed by atoms with Crippen molar-refractivity contribution in [3.63, 3.8) is 0 Å². The average molecular weight is 358 g/mol. The monoisotopic (exact) mass is 358 g/mol. The van der Waals surface area contributed by atoms with E-state index in [9.17, 15) is 9.18 Å². The maximum Gasteiger partial charge on any atom is 0.257 e. The molecule has 0 aliphatic carbocycles. The molecular formula is C20H23FN2O3. The number of benzene rings is 2. The highest BCUT2D eigenvalue weighted by atomic mass is 19.1. The molecule has 0 unspecified atom stereocenters. The van der Waals surface area contributed by atoms with Gasteiger partial charge in [-0.3, -0.25) is 4.79 Å². The molecule has 2 aromatic rings. The number of likely N-dealkylation sites (tertiary alicyclic amines) is 1. The maximum atomic E-state index is 13.1. The Bertz CT molecular complexity index is 764. The summed E-state index contributed by atoms with van der Waals surface area (Å²) in [6.45, 7) is 1.28. The normalized spacial score (nSPS) is 16.9. The number of methoxy groups -OCH3 is 2. The van der Waals surface area contributed by atoms with Gasteiger partial charge in [0.25, 0.3) is 5.91 Å². The van der Waals surface area contributed by atoms with Crippen molar-refractivity contribution in [2.24, 2.45) is 0 Å². The van der Waals surface area contributed by atoms with Gasteiger partial charge in [0, 0.05) is 24.8 Å². The average Bonchev–Trinajstić information content (AvgIpc) is 2.69. The molecule has 1 heterocycles. The summed E-state index contributed by atoms with van der Waals surface area (Å²) in [6, 6.07) is 11.6. The van der Waals surface area contributed by atoms with Crippen molar-refractivity contribution in [1.82, 2.24) is 4.90 Å². The van der Waals surface area contributed by atoms with E-state index in [0.29, 0.717) is 30.2 Å². The Morgan fingerprint density at radius 3 is 2.62 bits per heavy atom. The fraction of sp³-hybridized carbons (Fsp3) is 0.350. The SMILES string of the molecule is COc1ccc(OC)c(C(=O)N2CCC[C@H](Nc3ccc(F)cc3)C2)c1. The van der Waals surface area contributed by atoms with Gasteiger partial charge in [-0.2, -0.15) is 0 Å². The first-order valence-electron chi connectivity index (χ1n) is 8.64. The number of nitrogens with one attached hydrogen (secondary N) is 1. The van der Waals surface area contributed by atoms with Gasteiger partial charge in [0.15, 0.2) is 0 Å². The van der Waals surface area contributed by atoms with E-state index in [1.54, 1.807) is 44.6 Å². The summed E-state index contributed by atoms with van der Waals surface area (Å²) < 4.78 is 23.6. The largest absolute Gasteiger partial charge is 0.497 e. The van der Waals surface area contributed by atoms with Crippen molar-refractivity contribution in [2.75, 3.05) is 32.6 Å². The van der Waals surface area contributed by atoms with Gasteiger partial charge in [-0.1, -0.05) is 0 Å². The molecule has 0 bridgehead atoms. The minimum absolute atomic E-state index is 0.0774. The zero-order valence-electron chi connectivity index (χ0n) is 15.0. The molecule has 1 atom stereocenters. The number of ether oxygens (including phenoxy) is 2. The molecule has 0 spiro atoms. The highest BCUT2D eigenvalue weighted by Crippen LogP contribution is 2.27. The van der Waals surface area contributed by atoms with E-state index in [-0.39, 0.29) is 17.8 Å². The molecule has 26 heavy (non-hydrogen) atoms. The third kappa shape index (κ3) is 4.07. The van der Waals surface area contributed by atoms with E-state index in [4.69, 9.17) is 9.47 Å². The third-order valence-electron chi connectivity index (χ3n) is 4.56. The Morgan fingerprint density at radius 2 is 1.92 bits per heavy atom. The van der Waals surface area contributed by atoms with Crippen LogP contribution < -0.4 is 14.8 Å². The fourth-order valence-corrected chi connectivity index (χ4v) is 3.21. The lowest BCUT2D eigenvalue weighted by Crippen LogP contribution is -2.45. The lowest BCUT2D eigenvalue weighted by Gasteiger charge is -2.34. The second kappa shape index (κ2) is 8.08. The molecular weight excluding hydrogens is 335 g/mol. The predicted molar refractivity (Wildman–Crippen MR) is 98.5 cm³/mol. The summed E-state index contributed by atoms with van der Waals surface area (Å²) in [5.74, 6) is 0.809. The van der Waals surface area contributed by atoms with E-state index in [1.165, 1.54) is 12.1 Å². The first-order chi connectivity index (χ1) is 12.6. The van der Waals surface area contributed by atoms with Crippen LogP contribution >= 0.6 is 0 Å². The number of carbonyl (C=O) groups excluding carboxylic acids is 1. The van der Waals surface area contributed by atoms with Crippen molar-refractivity contribution in [3.8, 4) is 11.5 Å². The Hall–Kier alpha value is -2.76. The standard InChI is InChI=1S/C20H23FN2O3/c1-25-17-9-10-19(26-2)18(12-17)20(24)23-11-3-4-16(13-23)22-15-7-5-14(21)6-8-15/h5-10,12,16,22H,3-4,11,13H2,1-2H3/t16-/m0/s1. The van der Waals surface area contributed by atoms with Gasteiger partial charge in [-0.25, -0.2) is 4.39 Å². The molecule has 2 aromatic carbocycles. The third-order valence-corrected chi connectivity index (χ3v) is 4.56. The summed E-state index contributed by atoms with van der Waals surface area (Å²) in [5.41, 5.74) is 1.35. The lowest BCUT2D eigenvalue weighted by atomic mass is 10.0. The van der Waals surface area contributed by atoms with Crippen LogP contribution in [0.5, 0.6) is 11.5 Å². The number of rotatable bonds is 5. The van der Waals surface area contributed by atoms with Crippen LogP contribution in [-0.2, 0) is 0 Å². The van der Waals surface area contributed by atoms with E-state index < -0.39 is 0 Å². The summed E-state index contributed by atoms with van der Waals surface area (Å²) in [7, 11) is 3.12. The molecule has 0 aromatic heterocycles. The maximum absolute atomic E-state index is 13.1. The van der Waals surface area contributed by atoms with E-state index >= 15 is 0 Å². The number of anilines is 1. The summed E-state index contributed by atoms with van der Waals surface area (Å²) >= 11 is 0. The highest BCUT2D eigenvalue weighted by Gasteiger charge is 2.26. The first-order valence-corrected chi connectivity index (χ1v) is 8.64. The number of hydrogen-bond acceptors (Lipinski definition) is 4. The summed E-state index contributed by atoms with van der Waals surface area (Å²) in [4.78, 5) is 14.8. The summed E-state index contributed by atoms with van der Waals surface area (Å²) in [6.07, 6.45) is 1.85. The second-order valence-electron chi connectivity index (χ2n) is 6.31. The molecule has 6 heteroatoms. The Balaban J connectivity index is 1.72. The van der Waals surface area contributed by atoms with Crippen LogP contribution in [0, 0.1) is 5.82 Å². The van der Waals surface area contributed by atoms with E-state index in [0.717, 1.165) is 18.5 Å². The van der Waals surface area contributed by atoms with E-state index in [1.807, 2.05) is 4.90 Å². The Morgan fingerprint density at radius 1 is 1.15 bits per heavy atom. The first kappa shape index (κ1) is 18.0. The van der Waals surface area contributed by atoms with Crippen LogP contribution in [0.1, 0.15) is 23.2 Å². The number of carbonyl (C=O) groups is 1. The zero-order chi connectivity index (χ0) is 18.5. The van der Waals surface area contributed by atoms with Gasteiger partial charge < -0.3 is 19.7 Å². The smallest absolute Gasteiger partial charge is 0.257 e. The molecule has 1 amide bonds. The fourth-order valence-electron chi connectivity index (χ4n) is 3.21. The molecule has 1 aliphatic heterocycles. The number of halogens is 1. The molecule has 3 rings (SSSR count). The molecule has 1 saturated heterocycles. The van der Waals surface area contributed by atoms with E-state index in [2.05, 4.69) is 5.32 Å². The van der Waals surface area contributed by atoms with Crippen LogP contribution in [0.4, 0.5) is 10.1 Å². The molecule has 5 nitrogen and oxygen atoms in total. The molecule has 1 fully saturated rings. The van der Waals surface area contributed by atoms with Gasteiger partial charge in [0.1, 0.15) is 17.3 Å². The van der Waals surface area contributed by atoms with Crippen LogP contribution in [0.2, 0.25) is 0 Å². The topological polar surface area (TPSA) is 50.8 Å². The van der Waals surface area contributed by atoms with Gasteiger partial charge in [0.2, 0.25) is 0 Å². The molecule has 1 N–H and O–H groups in total.